The number of amides is 1. The van der Waals surface area contributed by atoms with Crippen LogP contribution in [0.2, 0.25) is 0 Å². The van der Waals surface area contributed by atoms with Crippen LogP contribution in [0, 0.1) is 22.6 Å². The summed E-state index contributed by atoms with van der Waals surface area (Å²) in [7, 11) is 0. The minimum atomic E-state index is -0.536. The van der Waals surface area contributed by atoms with Crippen LogP contribution < -0.4 is 4.74 Å². The Balaban J connectivity index is 1.14. The fourth-order valence-corrected chi connectivity index (χ4v) is 6.02. The van der Waals surface area contributed by atoms with Gasteiger partial charge in [-0.15, -0.1) is 10.2 Å². The summed E-state index contributed by atoms with van der Waals surface area (Å²) in [5, 5.41) is 26.9. The number of halogens is 1. The summed E-state index contributed by atoms with van der Waals surface area (Å²) < 4.78 is 33.5. The van der Waals surface area contributed by atoms with Crippen LogP contribution in [0.25, 0.3) is 11.4 Å². The number of nitrogens with zero attached hydrogens (tertiary/aromatic N) is 8. The average Bonchev–Trinajstić information content (AvgIpc) is 3.72. The summed E-state index contributed by atoms with van der Waals surface area (Å²) in [6.07, 6.45) is 13.0. The molecule has 1 saturated heterocycles. The Morgan fingerprint density at radius 1 is 1.04 bits per heavy atom. The van der Waals surface area contributed by atoms with Crippen LogP contribution in [-0.4, -0.2) is 80.0 Å². The van der Waals surface area contributed by atoms with Crippen LogP contribution in [0.5, 0.6) is 5.75 Å². The van der Waals surface area contributed by atoms with Crippen LogP contribution >= 0.6 is 0 Å². The molecule has 1 aliphatic rings. The lowest BCUT2D eigenvalue weighted by Crippen LogP contribution is -2.40. The lowest BCUT2D eigenvalue weighted by molar-refractivity contribution is 0.0652. The molecule has 2 aromatic heterocycles. The Labute approximate surface area is 296 Å². The number of ether oxygens (including phenoxy) is 3. The van der Waals surface area contributed by atoms with Gasteiger partial charge in [-0.05, 0) is 68.4 Å². The predicted octanol–water partition coefficient (Wildman–Crippen LogP) is 7.53. The van der Waals surface area contributed by atoms with Crippen molar-refractivity contribution in [2.75, 3.05) is 32.9 Å². The van der Waals surface area contributed by atoms with Gasteiger partial charge >= 0.3 is 6.09 Å². The number of aromatic nitrogens is 6. The van der Waals surface area contributed by atoms with Gasteiger partial charge in [0.25, 0.3) is 0 Å². The quantitative estimate of drug-likeness (QED) is 0.117. The van der Waals surface area contributed by atoms with Crippen molar-refractivity contribution in [3.05, 3.63) is 41.5 Å². The molecular weight excluding hydrogens is 639 g/mol. The van der Waals surface area contributed by atoms with Gasteiger partial charge in [-0.25, -0.2) is 9.18 Å². The summed E-state index contributed by atoms with van der Waals surface area (Å²) in [4.78, 5) is 15.4. The number of unbranched alkanes of at least 4 members (excludes halogenated alkanes) is 6. The van der Waals surface area contributed by atoms with Gasteiger partial charge in [-0.1, -0.05) is 59.3 Å². The minimum absolute atomic E-state index is 0.00424. The molecule has 0 radical (unpaired) electrons. The second-order valence-electron chi connectivity index (χ2n) is 14.6. The predicted molar refractivity (Wildman–Crippen MR) is 188 cm³/mol. The third kappa shape index (κ3) is 12.4. The van der Waals surface area contributed by atoms with E-state index < -0.39 is 5.82 Å². The molecule has 0 spiro atoms. The van der Waals surface area contributed by atoms with Crippen molar-refractivity contribution in [3.63, 3.8) is 0 Å². The van der Waals surface area contributed by atoms with E-state index in [1.54, 1.807) is 27.9 Å². The van der Waals surface area contributed by atoms with Crippen LogP contribution in [0.15, 0.2) is 24.4 Å². The number of hydrogen-bond donors (Lipinski definition) is 0. The molecule has 1 aliphatic heterocycles. The second kappa shape index (κ2) is 19.4. The Kier molecular flexibility index (Phi) is 15.0. The van der Waals surface area contributed by atoms with E-state index >= 15 is 0 Å². The highest BCUT2D eigenvalue weighted by molar-refractivity contribution is 5.67. The Bertz CT molecular complexity index is 1520. The summed E-state index contributed by atoms with van der Waals surface area (Å²) in [5.74, 6) is -0.112. The molecule has 50 heavy (non-hydrogen) atoms. The first kappa shape index (κ1) is 38.7. The Morgan fingerprint density at radius 3 is 2.44 bits per heavy atom. The van der Waals surface area contributed by atoms with Crippen molar-refractivity contribution in [2.24, 2.45) is 5.41 Å². The first-order valence-electron chi connectivity index (χ1n) is 18.2. The molecule has 12 nitrogen and oxygen atoms in total. The van der Waals surface area contributed by atoms with Gasteiger partial charge in [0.2, 0.25) is 5.82 Å². The maximum atomic E-state index is 15.0. The summed E-state index contributed by atoms with van der Waals surface area (Å²) in [6.45, 7) is 13.5. The van der Waals surface area contributed by atoms with Crippen molar-refractivity contribution >= 4 is 6.09 Å². The molecule has 1 aromatic carbocycles. The highest BCUT2D eigenvalue weighted by atomic mass is 19.1. The zero-order chi connectivity index (χ0) is 35.9. The van der Waals surface area contributed by atoms with Gasteiger partial charge < -0.3 is 19.1 Å². The van der Waals surface area contributed by atoms with E-state index in [2.05, 4.69) is 47.3 Å². The third-order valence-corrected chi connectivity index (χ3v) is 8.81. The fraction of sp³-hybridized carbons (Fsp3) is 0.676. The lowest BCUT2D eigenvalue weighted by Gasteiger charge is -2.32. The molecule has 0 atom stereocenters. The van der Waals surface area contributed by atoms with E-state index in [4.69, 9.17) is 14.2 Å². The highest BCUT2D eigenvalue weighted by Gasteiger charge is 2.28. The van der Waals surface area contributed by atoms with Gasteiger partial charge in [0.05, 0.1) is 38.1 Å². The first-order valence-corrected chi connectivity index (χ1v) is 18.2. The molecule has 1 amide bonds. The highest BCUT2D eigenvalue weighted by Crippen LogP contribution is 2.27. The molecule has 0 N–H and O–H groups in total. The smallest absolute Gasteiger partial charge is 0.410 e. The lowest BCUT2D eigenvalue weighted by atomic mass is 9.89. The number of tetrazole rings is 1. The molecule has 4 rings (SSSR count). The molecule has 0 saturated carbocycles. The van der Waals surface area contributed by atoms with Gasteiger partial charge in [-0.3, -0.25) is 4.68 Å². The van der Waals surface area contributed by atoms with E-state index in [1.807, 2.05) is 13.8 Å². The zero-order valence-corrected chi connectivity index (χ0v) is 30.6. The van der Waals surface area contributed by atoms with Crippen molar-refractivity contribution in [3.8, 4) is 23.2 Å². The zero-order valence-electron chi connectivity index (χ0n) is 30.6. The number of likely N-dealkylation sites (tertiary alicyclic amines) is 1. The number of carbonyl (C=O) groups is 1. The van der Waals surface area contributed by atoms with E-state index in [1.165, 1.54) is 55.8 Å². The number of rotatable bonds is 19. The number of benzene rings is 1. The molecule has 0 unspecified atom stereocenters. The molecule has 0 bridgehead atoms. The molecule has 0 aliphatic carbocycles. The molecule has 3 aromatic rings. The Morgan fingerprint density at radius 2 is 1.76 bits per heavy atom. The van der Waals surface area contributed by atoms with Gasteiger partial charge in [0.15, 0.2) is 11.6 Å². The van der Waals surface area contributed by atoms with E-state index in [0.29, 0.717) is 68.0 Å². The minimum Gasteiger partial charge on any atom is -0.490 e. The van der Waals surface area contributed by atoms with Gasteiger partial charge in [0, 0.05) is 37.2 Å². The van der Waals surface area contributed by atoms with Crippen LogP contribution in [0.1, 0.15) is 116 Å². The summed E-state index contributed by atoms with van der Waals surface area (Å²) in [6, 6.07) is 6.84. The standard InChI is InChI=1S/C37H55FN8O4/c1-28(2)50-36(47)44-19-15-31(16-20-44)46-33(26-39)30(27-40-46)17-23-49-34-14-13-29(25-32(34)38)35-41-43-45(42-35)21-24-48-22-12-10-8-6-7-9-11-18-37(3,4)5/h13-14,25,27-28,31H,6-12,15-24H2,1-5H3. The summed E-state index contributed by atoms with van der Waals surface area (Å²) >= 11 is 0. The largest absolute Gasteiger partial charge is 0.490 e. The summed E-state index contributed by atoms with van der Waals surface area (Å²) in [5.41, 5.74) is 2.13. The topological polar surface area (TPSA) is 133 Å². The third-order valence-electron chi connectivity index (χ3n) is 8.81. The molecule has 13 heteroatoms. The normalized spacial score (nSPS) is 13.9. The van der Waals surface area contributed by atoms with Crippen LogP contribution in [0.3, 0.4) is 0 Å². The number of nitriles is 1. The molecule has 3 heterocycles. The van der Waals surface area contributed by atoms with Crippen molar-refractivity contribution < 1.29 is 23.4 Å². The van der Waals surface area contributed by atoms with Crippen molar-refractivity contribution in [1.29, 1.82) is 5.26 Å². The van der Waals surface area contributed by atoms with Gasteiger partial charge in [-0.2, -0.15) is 15.2 Å². The maximum absolute atomic E-state index is 15.0. The van der Waals surface area contributed by atoms with Crippen LogP contribution in [0.4, 0.5) is 9.18 Å². The van der Waals surface area contributed by atoms with E-state index in [0.717, 1.165) is 18.6 Å². The number of piperidine rings is 1. The van der Waals surface area contributed by atoms with Crippen molar-refractivity contribution in [1.82, 2.24) is 34.9 Å². The number of hydrogen-bond acceptors (Lipinski definition) is 9. The first-order chi connectivity index (χ1) is 24.0. The molecule has 274 valence electrons. The maximum Gasteiger partial charge on any atom is 0.410 e. The van der Waals surface area contributed by atoms with E-state index in [-0.39, 0.29) is 30.6 Å². The van der Waals surface area contributed by atoms with Crippen molar-refractivity contribution in [2.45, 2.75) is 124 Å². The van der Waals surface area contributed by atoms with Crippen LogP contribution in [-0.2, 0) is 22.4 Å². The molecule has 1 fully saturated rings. The average molecular weight is 695 g/mol. The van der Waals surface area contributed by atoms with Gasteiger partial charge in [0.1, 0.15) is 11.8 Å². The molecular formula is C37H55FN8O4. The monoisotopic (exact) mass is 694 g/mol. The second-order valence-corrected chi connectivity index (χ2v) is 14.6. The Hall–Kier alpha value is -4.05. The van der Waals surface area contributed by atoms with E-state index in [9.17, 15) is 14.4 Å². The SMILES string of the molecule is CC(C)OC(=O)N1CCC(n2ncc(CCOc3ccc(-c4nnn(CCOCCCCCCCCCC(C)(C)C)n4)cc3F)c2C#N)CC1. The fourth-order valence-electron chi connectivity index (χ4n) is 6.02. The number of carbonyl (C=O) groups excluding carboxylic acids is 1.